The molecule has 2 aromatic carbocycles. The van der Waals surface area contributed by atoms with E-state index in [9.17, 15) is 4.79 Å². The van der Waals surface area contributed by atoms with Crippen LogP contribution < -0.4 is 5.32 Å². The second-order valence-electron chi connectivity index (χ2n) is 5.77. The Morgan fingerprint density at radius 2 is 1.96 bits per heavy atom. The maximum Gasteiger partial charge on any atom is 0.222 e. The van der Waals surface area contributed by atoms with Gasteiger partial charge in [0.25, 0.3) is 0 Å². The van der Waals surface area contributed by atoms with Gasteiger partial charge in [-0.1, -0.05) is 47.5 Å². The maximum atomic E-state index is 12.2. The Kier molecular flexibility index (Phi) is 5.12. The predicted molar refractivity (Wildman–Crippen MR) is 99.6 cm³/mol. The molecular formula is C19H18Cl2N2O. The first-order chi connectivity index (χ1) is 11.5. The number of para-hydroxylation sites is 1. The molecule has 0 saturated heterocycles. The second-order valence-corrected chi connectivity index (χ2v) is 6.62. The number of nitrogens with one attached hydrogen (secondary N) is 1. The van der Waals surface area contributed by atoms with Crippen LogP contribution in [0.25, 0.3) is 10.9 Å². The summed E-state index contributed by atoms with van der Waals surface area (Å²) in [5.41, 5.74) is 2.00. The summed E-state index contributed by atoms with van der Waals surface area (Å²) in [4.78, 5) is 12.2. The van der Waals surface area contributed by atoms with Crippen molar-refractivity contribution in [1.82, 2.24) is 9.88 Å². The van der Waals surface area contributed by atoms with Crippen LogP contribution in [0.1, 0.15) is 24.9 Å². The Labute approximate surface area is 151 Å². The van der Waals surface area contributed by atoms with Crippen molar-refractivity contribution < 1.29 is 4.79 Å². The van der Waals surface area contributed by atoms with Crippen molar-refractivity contribution in [3.8, 4) is 0 Å². The van der Waals surface area contributed by atoms with Crippen LogP contribution in [-0.2, 0) is 11.3 Å². The highest BCUT2D eigenvalue weighted by Crippen LogP contribution is 2.26. The lowest BCUT2D eigenvalue weighted by atomic mass is 10.1. The zero-order chi connectivity index (χ0) is 17.1. The zero-order valence-electron chi connectivity index (χ0n) is 13.3. The van der Waals surface area contributed by atoms with Crippen LogP contribution in [-0.4, -0.2) is 10.5 Å². The van der Waals surface area contributed by atoms with E-state index in [1.807, 2.05) is 31.3 Å². The Bertz CT molecular complexity index is 873. The van der Waals surface area contributed by atoms with Gasteiger partial charge in [0.15, 0.2) is 0 Å². The third-order valence-corrected chi connectivity index (χ3v) is 4.63. The standard InChI is InChI=1S/C19H18Cl2N2O/c1-13(16-7-6-15(20)12-17(16)21)22-19(24)9-11-23-10-8-14-4-2-3-5-18(14)23/h2-8,10,12-13H,9,11H2,1H3,(H,22,24). The third kappa shape index (κ3) is 3.74. The van der Waals surface area contributed by atoms with Crippen LogP contribution in [0, 0.1) is 0 Å². The first kappa shape index (κ1) is 16.9. The van der Waals surface area contributed by atoms with Crippen LogP contribution >= 0.6 is 23.2 Å². The van der Waals surface area contributed by atoms with Crippen molar-refractivity contribution in [2.45, 2.75) is 25.9 Å². The van der Waals surface area contributed by atoms with Gasteiger partial charge in [-0.25, -0.2) is 0 Å². The second kappa shape index (κ2) is 7.29. The molecule has 124 valence electrons. The van der Waals surface area contributed by atoms with Crippen molar-refractivity contribution in [3.63, 3.8) is 0 Å². The minimum atomic E-state index is -0.163. The Balaban J connectivity index is 1.61. The summed E-state index contributed by atoms with van der Waals surface area (Å²) in [6, 6.07) is 15.3. The molecule has 3 rings (SSSR count). The minimum absolute atomic E-state index is 0.00806. The molecule has 0 bridgehead atoms. The highest BCUT2D eigenvalue weighted by molar-refractivity contribution is 6.35. The minimum Gasteiger partial charge on any atom is -0.349 e. The molecule has 0 aliphatic carbocycles. The van der Waals surface area contributed by atoms with Gasteiger partial charge >= 0.3 is 0 Å². The fourth-order valence-electron chi connectivity index (χ4n) is 2.80. The normalized spacial score (nSPS) is 12.3. The molecule has 1 amide bonds. The molecule has 0 fully saturated rings. The predicted octanol–water partition coefficient (Wildman–Crippen LogP) is 5.22. The van der Waals surface area contributed by atoms with Gasteiger partial charge in [0.2, 0.25) is 5.91 Å². The first-order valence-corrected chi connectivity index (χ1v) is 8.58. The number of halogens is 2. The monoisotopic (exact) mass is 360 g/mol. The van der Waals surface area contributed by atoms with Crippen molar-refractivity contribution in [2.24, 2.45) is 0 Å². The van der Waals surface area contributed by atoms with Gasteiger partial charge in [0.1, 0.15) is 0 Å². The van der Waals surface area contributed by atoms with Crippen molar-refractivity contribution in [3.05, 3.63) is 70.3 Å². The number of aryl methyl sites for hydroxylation is 1. The number of carbonyl (C=O) groups is 1. The number of hydrogen-bond donors (Lipinski definition) is 1. The van der Waals surface area contributed by atoms with Crippen molar-refractivity contribution >= 4 is 40.0 Å². The Morgan fingerprint density at radius 1 is 1.17 bits per heavy atom. The van der Waals surface area contributed by atoms with Crippen LogP contribution in [0.2, 0.25) is 10.0 Å². The maximum absolute atomic E-state index is 12.2. The van der Waals surface area contributed by atoms with Gasteiger partial charge in [-0.05, 0) is 42.1 Å². The molecule has 1 atom stereocenters. The molecule has 0 saturated carbocycles. The SMILES string of the molecule is CC(NC(=O)CCn1ccc2ccccc21)c1ccc(Cl)cc1Cl. The molecule has 3 aromatic rings. The number of benzene rings is 2. The van der Waals surface area contributed by atoms with Gasteiger partial charge in [0.05, 0.1) is 6.04 Å². The van der Waals surface area contributed by atoms with Gasteiger partial charge in [0, 0.05) is 34.7 Å². The Hall–Kier alpha value is -1.97. The average molecular weight is 361 g/mol. The molecule has 1 N–H and O–H groups in total. The fraction of sp³-hybridized carbons (Fsp3) is 0.211. The molecule has 1 unspecified atom stereocenters. The Morgan fingerprint density at radius 3 is 2.75 bits per heavy atom. The van der Waals surface area contributed by atoms with Crippen LogP contribution in [0.4, 0.5) is 0 Å². The van der Waals surface area contributed by atoms with Crippen molar-refractivity contribution in [1.29, 1.82) is 0 Å². The molecule has 24 heavy (non-hydrogen) atoms. The topological polar surface area (TPSA) is 34.0 Å². The molecule has 0 spiro atoms. The number of amides is 1. The van der Waals surface area contributed by atoms with E-state index in [0.29, 0.717) is 23.0 Å². The van der Waals surface area contributed by atoms with E-state index >= 15 is 0 Å². The summed E-state index contributed by atoms with van der Waals surface area (Å²) in [6.07, 6.45) is 2.42. The summed E-state index contributed by atoms with van der Waals surface area (Å²) in [5, 5.41) is 5.31. The van der Waals surface area contributed by atoms with Gasteiger partial charge in [-0.3, -0.25) is 4.79 Å². The lowest BCUT2D eigenvalue weighted by molar-refractivity contribution is -0.121. The summed E-state index contributed by atoms with van der Waals surface area (Å²) in [7, 11) is 0. The van der Waals surface area contributed by atoms with E-state index in [2.05, 4.69) is 28.1 Å². The molecule has 1 heterocycles. The summed E-state index contributed by atoms with van der Waals surface area (Å²) >= 11 is 12.1. The van der Waals surface area contributed by atoms with Crippen LogP contribution in [0.15, 0.2) is 54.7 Å². The molecule has 0 radical (unpaired) electrons. The van der Waals surface area contributed by atoms with E-state index in [1.165, 1.54) is 5.39 Å². The number of rotatable bonds is 5. The molecular weight excluding hydrogens is 343 g/mol. The van der Waals surface area contributed by atoms with E-state index in [-0.39, 0.29) is 11.9 Å². The molecule has 5 heteroatoms. The molecule has 1 aromatic heterocycles. The number of hydrogen-bond acceptors (Lipinski definition) is 1. The summed E-state index contributed by atoms with van der Waals surface area (Å²) < 4.78 is 2.09. The molecule has 0 aliphatic heterocycles. The number of aromatic nitrogens is 1. The van der Waals surface area contributed by atoms with Crippen LogP contribution in [0.3, 0.4) is 0 Å². The molecule has 0 aliphatic rings. The lowest BCUT2D eigenvalue weighted by Crippen LogP contribution is -2.27. The summed E-state index contributed by atoms with van der Waals surface area (Å²) in [5.74, 6) is -0.00806. The first-order valence-electron chi connectivity index (χ1n) is 7.83. The largest absolute Gasteiger partial charge is 0.349 e. The van der Waals surface area contributed by atoms with E-state index in [4.69, 9.17) is 23.2 Å². The highest BCUT2D eigenvalue weighted by Gasteiger charge is 2.13. The van der Waals surface area contributed by atoms with Gasteiger partial charge < -0.3 is 9.88 Å². The van der Waals surface area contributed by atoms with Gasteiger partial charge in [-0.15, -0.1) is 0 Å². The third-order valence-electron chi connectivity index (χ3n) is 4.07. The lowest BCUT2D eigenvalue weighted by Gasteiger charge is -2.16. The van der Waals surface area contributed by atoms with E-state index < -0.39 is 0 Å². The quantitative estimate of drug-likeness (QED) is 0.665. The zero-order valence-corrected chi connectivity index (χ0v) is 14.8. The smallest absolute Gasteiger partial charge is 0.222 e. The number of nitrogens with zero attached hydrogens (tertiary/aromatic N) is 1. The van der Waals surface area contributed by atoms with Crippen LogP contribution in [0.5, 0.6) is 0 Å². The van der Waals surface area contributed by atoms with Gasteiger partial charge in [-0.2, -0.15) is 0 Å². The van der Waals surface area contributed by atoms with E-state index in [0.717, 1.165) is 11.1 Å². The molecule has 3 nitrogen and oxygen atoms in total. The average Bonchev–Trinajstić information content (AvgIpc) is 2.96. The number of fused-ring (bicyclic) bond motifs is 1. The fourth-order valence-corrected chi connectivity index (χ4v) is 3.37. The highest BCUT2D eigenvalue weighted by atomic mass is 35.5. The van der Waals surface area contributed by atoms with Crippen molar-refractivity contribution in [2.75, 3.05) is 0 Å². The number of carbonyl (C=O) groups excluding carboxylic acids is 1. The van der Waals surface area contributed by atoms with E-state index in [1.54, 1.807) is 12.1 Å². The summed E-state index contributed by atoms with van der Waals surface area (Å²) in [6.45, 7) is 2.55.